The summed E-state index contributed by atoms with van der Waals surface area (Å²) in [6, 6.07) is 8.52. The molecular weight excluding hydrogens is 353 g/mol. The van der Waals surface area contributed by atoms with E-state index in [1.807, 2.05) is 0 Å². The topological polar surface area (TPSA) is 30.8 Å². The maximum Gasteiger partial charge on any atom is 0.216 e. The van der Waals surface area contributed by atoms with E-state index in [9.17, 15) is 0 Å². The molecule has 0 amide bonds. The minimum Gasteiger partial charge on any atom is -0.475 e. The van der Waals surface area contributed by atoms with E-state index in [1.165, 1.54) is 69.8 Å². The van der Waals surface area contributed by atoms with Crippen LogP contribution in [0.5, 0.6) is 0 Å². The van der Waals surface area contributed by atoms with Crippen molar-refractivity contribution in [2.45, 2.75) is 88.5 Å². The average molecular weight is 388 g/mol. The number of ether oxygens (including phenoxy) is 1. The van der Waals surface area contributed by atoms with E-state index in [2.05, 4.69) is 31.2 Å². The van der Waals surface area contributed by atoms with Gasteiger partial charge in [0.1, 0.15) is 12.6 Å². The Hall–Kier alpha value is -0.920. The van der Waals surface area contributed by atoms with E-state index in [0.717, 1.165) is 29.4 Å². The molecule has 2 saturated carbocycles. The number of aryl methyl sites for hydroxylation is 1. The van der Waals surface area contributed by atoms with Crippen LogP contribution in [0.4, 0.5) is 0 Å². The van der Waals surface area contributed by atoms with Gasteiger partial charge < -0.3 is 9.26 Å². The van der Waals surface area contributed by atoms with Gasteiger partial charge in [-0.25, -0.2) is 4.99 Å². The third kappa shape index (κ3) is 4.93. The first kappa shape index (κ1) is 19.4. The first-order valence-electron chi connectivity index (χ1n) is 11.0. The number of hydrogen-bond donors (Lipinski definition) is 0. The number of rotatable bonds is 6. The fourth-order valence-electron chi connectivity index (χ4n) is 4.81. The lowest BCUT2D eigenvalue weighted by Gasteiger charge is -2.37. The summed E-state index contributed by atoms with van der Waals surface area (Å²) in [7, 11) is -0.313. The highest BCUT2D eigenvalue weighted by atomic mass is 31.1. The van der Waals surface area contributed by atoms with Gasteiger partial charge >= 0.3 is 0 Å². The molecule has 148 valence electrons. The highest BCUT2D eigenvalue weighted by Crippen LogP contribution is 2.56. The Morgan fingerprint density at radius 3 is 2.22 bits per heavy atom. The number of aliphatic imine (C=N–C) groups is 1. The smallest absolute Gasteiger partial charge is 0.216 e. The molecule has 4 heteroatoms. The molecule has 0 aromatic heterocycles. The Labute approximate surface area is 165 Å². The van der Waals surface area contributed by atoms with Crippen LogP contribution in [0.15, 0.2) is 29.3 Å². The van der Waals surface area contributed by atoms with E-state index in [-0.39, 0.29) is 14.2 Å². The van der Waals surface area contributed by atoms with Crippen LogP contribution in [-0.4, -0.2) is 36.5 Å². The summed E-state index contributed by atoms with van der Waals surface area (Å²) in [6.07, 6.45) is 14.0. The quantitative estimate of drug-likeness (QED) is 0.543. The molecule has 2 aliphatic carbocycles. The summed E-state index contributed by atoms with van der Waals surface area (Å²) < 4.78 is 12.6. The van der Waals surface area contributed by atoms with Crippen molar-refractivity contribution in [2.24, 2.45) is 4.99 Å². The molecule has 4 rings (SSSR count). The Balaban J connectivity index is 1.39. The van der Waals surface area contributed by atoms with Crippen molar-refractivity contribution in [2.75, 3.05) is 13.2 Å². The zero-order chi connectivity index (χ0) is 18.5. The highest BCUT2D eigenvalue weighted by Gasteiger charge is 2.33. The van der Waals surface area contributed by atoms with Crippen LogP contribution < -0.4 is 0 Å². The van der Waals surface area contributed by atoms with Crippen LogP contribution in [0.25, 0.3) is 0 Å². The molecule has 1 aromatic rings. The molecule has 1 aromatic carbocycles. The molecule has 0 N–H and O–H groups in total. The van der Waals surface area contributed by atoms with Gasteiger partial charge in [0.15, 0.2) is 0 Å². The second-order valence-electron chi connectivity index (χ2n) is 8.45. The summed E-state index contributed by atoms with van der Waals surface area (Å²) in [4.78, 5) is 4.86. The van der Waals surface area contributed by atoms with Crippen molar-refractivity contribution in [3.63, 3.8) is 0 Å². The molecule has 0 radical (unpaired) electrons. The molecule has 1 heterocycles. The molecule has 27 heavy (non-hydrogen) atoms. The van der Waals surface area contributed by atoms with Gasteiger partial charge in [0.2, 0.25) is 5.90 Å². The van der Waals surface area contributed by atoms with Crippen LogP contribution >= 0.6 is 8.15 Å². The Morgan fingerprint density at radius 1 is 0.963 bits per heavy atom. The molecule has 0 saturated heterocycles. The van der Waals surface area contributed by atoms with Crippen molar-refractivity contribution in [1.82, 2.24) is 0 Å². The maximum absolute atomic E-state index is 6.70. The van der Waals surface area contributed by atoms with Gasteiger partial charge in [0, 0.05) is 25.0 Å². The second kappa shape index (κ2) is 9.52. The molecule has 1 aliphatic heterocycles. The third-order valence-electron chi connectivity index (χ3n) is 6.37. The van der Waals surface area contributed by atoms with Gasteiger partial charge in [0.05, 0.1) is 6.61 Å². The van der Waals surface area contributed by atoms with E-state index in [0.29, 0.717) is 6.61 Å². The molecule has 1 unspecified atom stereocenters. The molecular formula is C23H34NO2P. The average Bonchev–Trinajstić information content (AvgIpc) is 3.19. The molecule has 3 aliphatic rings. The zero-order valence-electron chi connectivity index (χ0n) is 16.7. The predicted molar refractivity (Wildman–Crippen MR) is 114 cm³/mol. The number of hydrogen-bond acceptors (Lipinski definition) is 3. The van der Waals surface area contributed by atoms with Gasteiger partial charge in [-0.1, -0.05) is 56.7 Å². The van der Waals surface area contributed by atoms with E-state index < -0.39 is 0 Å². The van der Waals surface area contributed by atoms with Crippen LogP contribution in [0.1, 0.15) is 75.3 Å². The molecule has 0 spiro atoms. The summed E-state index contributed by atoms with van der Waals surface area (Å²) in [5.41, 5.74) is 4.02. The largest absolute Gasteiger partial charge is 0.475 e. The lowest BCUT2D eigenvalue weighted by atomic mass is 10.00. The van der Waals surface area contributed by atoms with Crippen molar-refractivity contribution in [3.05, 3.63) is 35.4 Å². The van der Waals surface area contributed by atoms with Gasteiger partial charge in [-0.15, -0.1) is 0 Å². The van der Waals surface area contributed by atoms with Crippen LogP contribution in [0, 0.1) is 6.92 Å². The minimum atomic E-state index is -0.313. The number of nitrogens with zero attached hydrogens (tertiary/aromatic N) is 1. The number of benzene rings is 1. The second-order valence-corrected chi connectivity index (χ2v) is 10.9. The predicted octanol–water partition coefficient (Wildman–Crippen LogP) is 6.22. The highest BCUT2D eigenvalue weighted by molar-refractivity contribution is 7.54. The Bertz CT molecular complexity index is 617. The zero-order valence-corrected chi connectivity index (χ0v) is 17.6. The summed E-state index contributed by atoms with van der Waals surface area (Å²) in [5.74, 6) is 0.807. The van der Waals surface area contributed by atoms with Gasteiger partial charge in [-0.2, -0.15) is 0 Å². The maximum atomic E-state index is 6.70. The minimum absolute atomic E-state index is 0.164. The normalized spacial score (nSPS) is 24.8. The first-order chi connectivity index (χ1) is 13.3. The van der Waals surface area contributed by atoms with Crippen molar-refractivity contribution >= 4 is 14.0 Å². The Morgan fingerprint density at radius 2 is 1.59 bits per heavy atom. The van der Waals surface area contributed by atoms with Crippen LogP contribution in [0.2, 0.25) is 0 Å². The van der Waals surface area contributed by atoms with E-state index in [4.69, 9.17) is 14.3 Å². The summed E-state index contributed by atoms with van der Waals surface area (Å²) in [5, 5.41) is 0. The lowest BCUT2D eigenvalue weighted by Crippen LogP contribution is -2.24. The Kier molecular flexibility index (Phi) is 6.84. The molecule has 3 nitrogen and oxygen atoms in total. The van der Waals surface area contributed by atoms with Crippen LogP contribution in [0.3, 0.4) is 0 Å². The van der Waals surface area contributed by atoms with Gasteiger partial charge in [-0.05, 0) is 44.2 Å². The first-order valence-corrected chi connectivity index (χ1v) is 12.4. The molecule has 1 atom stereocenters. The van der Waals surface area contributed by atoms with Crippen molar-refractivity contribution in [3.8, 4) is 0 Å². The SMILES string of the molecule is Cc1ccccc1C1=NC(COP(C2CCCCC2)C2CCCCC2)CO1. The lowest BCUT2D eigenvalue weighted by molar-refractivity contribution is 0.249. The molecule has 2 fully saturated rings. The fraction of sp³-hybridized carbons (Fsp3) is 0.696. The molecule has 0 bridgehead atoms. The van der Waals surface area contributed by atoms with E-state index in [1.54, 1.807) is 0 Å². The van der Waals surface area contributed by atoms with Crippen molar-refractivity contribution in [1.29, 1.82) is 0 Å². The summed E-state index contributed by atoms with van der Waals surface area (Å²) >= 11 is 0. The fourth-order valence-corrected chi connectivity index (χ4v) is 7.92. The third-order valence-corrected chi connectivity index (χ3v) is 9.29. The summed E-state index contributed by atoms with van der Waals surface area (Å²) in [6.45, 7) is 3.53. The van der Waals surface area contributed by atoms with Gasteiger partial charge in [-0.3, -0.25) is 0 Å². The standard InChI is InChI=1S/C23H34NO2P/c1-18-10-8-9-15-22(18)23-24-19(16-25-23)17-26-27(20-11-4-2-5-12-20)21-13-6-3-7-14-21/h8-10,15,19-21H,2-7,11-14,16-17H2,1H3. The van der Waals surface area contributed by atoms with E-state index >= 15 is 0 Å². The van der Waals surface area contributed by atoms with Gasteiger partial charge in [0.25, 0.3) is 0 Å². The monoisotopic (exact) mass is 387 g/mol. The van der Waals surface area contributed by atoms with Crippen LogP contribution in [-0.2, 0) is 9.26 Å². The van der Waals surface area contributed by atoms with Crippen molar-refractivity contribution < 1.29 is 9.26 Å².